The van der Waals surface area contributed by atoms with Crippen LogP contribution in [-0.4, -0.2) is 11.9 Å². The molecule has 0 bridgehead atoms. The SMILES string of the molecule is CC(Cc1ccccc1)(C(=O)[O-])C(=O)[O-].[Na+].[Na+]. The predicted octanol–water partition coefficient (Wildman–Crippen LogP) is -7.26. The summed E-state index contributed by atoms with van der Waals surface area (Å²) in [6, 6.07) is 8.49. The first-order valence-electron chi connectivity index (χ1n) is 4.43. The van der Waals surface area contributed by atoms with Gasteiger partial charge in [0.05, 0.1) is 17.4 Å². The molecule has 0 heterocycles. The topological polar surface area (TPSA) is 80.3 Å². The van der Waals surface area contributed by atoms with Crippen LogP contribution in [0.25, 0.3) is 0 Å². The molecule has 0 aliphatic heterocycles. The van der Waals surface area contributed by atoms with E-state index in [-0.39, 0.29) is 65.5 Å². The summed E-state index contributed by atoms with van der Waals surface area (Å²) >= 11 is 0. The molecule has 0 aliphatic carbocycles. The van der Waals surface area contributed by atoms with E-state index in [0.717, 1.165) is 6.92 Å². The molecule has 1 rings (SSSR count). The summed E-state index contributed by atoms with van der Waals surface area (Å²) in [6.07, 6.45) is -0.140. The Bertz CT molecular complexity index is 364. The van der Waals surface area contributed by atoms with Gasteiger partial charge in [0, 0.05) is 0 Å². The van der Waals surface area contributed by atoms with Crippen molar-refractivity contribution < 1.29 is 78.9 Å². The van der Waals surface area contributed by atoms with Crippen molar-refractivity contribution in [3.63, 3.8) is 0 Å². The third-order valence-corrected chi connectivity index (χ3v) is 2.30. The summed E-state index contributed by atoms with van der Waals surface area (Å²) in [5.74, 6) is -3.27. The first-order valence-corrected chi connectivity index (χ1v) is 4.43. The van der Waals surface area contributed by atoms with Gasteiger partial charge >= 0.3 is 59.1 Å². The van der Waals surface area contributed by atoms with Crippen LogP contribution in [0.3, 0.4) is 0 Å². The normalized spacial score (nSPS) is 9.71. The van der Waals surface area contributed by atoms with Crippen molar-refractivity contribution in [2.45, 2.75) is 13.3 Å². The Morgan fingerprint density at radius 1 is 1.06 bits per heavy atom. The predicted molar refractivity (Wildman–Crippen MR) is 48.3 cm³/mol. The molecule has 0 spiro atoms. The van der Waals surface area contributed by atoms with Crippen molar-refractivity contribution in [3.8, 4) is 0 Å². The number of hydrogen-bond donors (Lipinski definition) is 0. The Balaban J connectivity index is 0. The number of rotatable bonds is 4. The van der Waals surface area contributed by atoms with Gasteiger partial charge in [-0.05, 0) is 18.9 Å². The summed E-state index contributed by atoms with van der Waals surface area (Å²) in [6.45, 7) is 1.09. The van der Waals surface area contributed by atoms with Gasteiger partial charge in [0.25, 0.3) is 0 Å². The van der Waals surface area contributed by atoms with E-state index in [2.05, 4.69) is 0 Å². The first-order chi connectivity index (χ1) is 6.97. The summed E-state index contributed by atoms with van der Waals surface area (Å²) in [5.41, 5.74) is -1.37. The maximum absolute atomic E-state index is 10.7. The van der Waals surface area contributed by atoms with E-state index in [1.165, 1.54) is 0 Å². The van der Waals surface area contributed by atoms with Crippen LogP contribution in [0, 0.1) is 5.41 Å². The van der Waals surface area contributed by atoms with Gasteiger partial charge in [-0.1, -0.05) is 30.3 Å². The Hall–Kier alpha value is 0.160. The van der Waals surface area contributed by atoms with E-state index in [1.807, 2.05) is 0 Å². The summed E-state index contributed by atoms with van der Waals surface area (Å²) < 4.78 is 0. The fourth-order valence-electron chi connectivity index (χ4n) is 1.23. The maximum atomic E-state index is 10.7. The van der Waals surface area contributed by atoms with Crippen LogP contribution in [-0.2, 0) is 16.0 Å². The number of hydrogen-bond acceptors (Lipinski definition) is 4. The van der Waals surface area contributed by atoms with E-state index in [4.69, 9.17) is 0 Å². The van der Waals surface area contributed by atoms with Crippen LogP contribution in [0.15, 0.2) is 30.3 Å². The molecule has 0 atom stereocenters. The Kier molecular flexibility index (Phi) is 9.51. The van der Waals surface area contributed by atoms with Gasteiger partial charge in [0.1, 0.15) is 0 Å². The molecule has 0 aliphatic rings. The van der Waals surface area contributed by atoms with Crippen LogP contribution < -0.4 is 69.3 Å². The van der Waals surface area contributed by atoms with Crippen molar-refractivity contribution in [2.24, 2.45) is 5.41 Å². The van der Waals surface area contributed by atoms with E-state index in [0.29, 0.717) is 5.56 Å². The number of carbonyl (C=O) groups excluding carboxylic acids is 2. The van der Waals surface area contributed by atoms with Gasteiger partial charge in [-0.3, -0.25) is 0 Å². The average Bonchev–Trinajstić information content (AvgIpc) is 2.18. The van der Waals surface area contributed by atoms with Gasteiger partial charge < -0.3 is 19.8 Å². The molecule has 17 heavy (non-hydrogen) atoms. The fourth-order valence-corrected chi connectivity index (χ4v) is 1.23. The quantitative estimate of drug-likeness (QED) is 0.394. The monoisotopic (exact) mass is 252 g/mol. The molecule has 0 amide bonds. The zero-order valence-electron chi connectivity index (χ0n) is 10.2. The van der Waals surface area contributed by atoms with Crippen LogP contribution in [0.5, 0.6) is 0 Å². The molecule has 0 aromatic heterocycles. The number of aliphatic carboxylic acids is 2. The fraction of sp³-hybridized carbons (Fsp3) is 0.273. The molecule has 0 radical (unpaired) electrons. The second kappa shape index (κ2) is 8.29. The van der Waals surface area contributed by atoms with E-state index in [9.17, 15) is 19.8 Å². The zero-order valence-corrected chi connectivity index (χ0v) is 14.2. The largest absolute Gasteiger partial charge is 1.00 e. The summed E-state index contributed by atoms with van der Waals surface area (Å²) in [7, 11) is 0. The molecule has 0 fully saturated rings. The summed E-state index contributed by atoms with van der Waals surface area (Å²) in [4.78, 5) is 21.5. The van der Waals surface area contributed by atoms with Gasteiger partial charge in [-0.2, -0.15) is 0 Å². The number of carboxylic acid groups (broad SMARTS) is 2. The molecule has 80 valence electrons. The third-order valence-electron chi connectivity index (χ3n) is 2.30. The zero-order chi connectivity index (χ0) is 11.5. The van der Waals surface area contributed by atoms with E-state index >= 15 is 0 Å². The molecule has 4 nitrogen and oxygen atoms in total. The first kappa shape index (κ1) is 19.5. The van der Waals surface area contributed by atoms with Crippen molar-refractivity contribution in [2.75, 3.05) is 0 Å². The molecule has 0 unspecified atom stereocenters. The minimum Gasteiger partial charge on any atom is -0.549 e. The molecule has 0 saturated heterocycles. The number of benzene rings is 1. The minimum atomic E-state index is -1.98. The van der Waals surface area contributed by atoms with Crippen LogP contribution >= 0.6 is 0 Å². The van der Waals surface area contributed by atoms with Gasteiger partial charge in [0.2, 0.25) is 0 Å². The second-order valence-electron chi connectivity index (χ2n) is 3.57. The molecular weight excluding hydrogens is 242 g/mol. The molecule has 1 aromatic carbocycles. The Morgan fingerprint density at radius 2 is 1.47 bits per heavy atom. The summed E-state index contributed by atoms with van der Waals surface area (Å²) in [5, 5.41) is 21.5. The molecule has 6 heteroatoms. The molecule has 0 saturated carbocycles. The second-order valence-corrected chi connectivity index (χ2v) is 3.57. The smallest absolute Gasteiger partial charge is 0.549 e. The van der Waals surface area contributed by atoms with Gasteiger partial charge in [-0.25, -0.2) is 0 Å². The number of carbonyl (C=O) groups is 2. The molecular formula is C11H10Na2O4. The third kappa shape index (κ3) is 5.12. The van der Waals surface area contributed by atoms with Crippen molar-refractivity contribution in [3.05, 3.63) is 35.9 Å². The van der Waals surface area contributed by atoms with Crippen molar-refractivity contribution in [1.82, 2.24) is 0 Å². The van der Waals surface area contributed by atoms with Crippen LogP contribution in [0.1, 0.15) is 12.5 Å². The average molecular weight is 252 g/mol. The number of carboxylic acids is 2. The van der Waals surface area contributed by atoms with E-state index in [1.54, 1.807) is 30.3 Å². The minimum absolute atomic E-state index is 0. The van der Waals surface area contributed by atoms with Crippen LogP contribution in [0.2, 0.25) is 0 Å². The van der Waals surface area contributed by atoms with Gasteiger partial charge in [-0.15, -0.1) is 0 Å². The van der Waals surface area contributed by atoms with Crippen molar-refractivity contribution in [1.29, 1.82) is 0 Å². The van der Waals surface area contributed by atoms with Crippen molar-refractivity contribution >= 4 is 11.9 Å². The molecule has 1 aromatic rings. The van der Waals surface area contributed by atoms with Crippen LogP contribution in [0.4, 0.5) is 0 Å². The van der Waals surface area contributed by atoms with E-state index < -0.39 is 17.4 Å². The maximum Gasteiger partial charge on any atom is 1.00 e. The standard InChI is InChI=1S/C11H12O4.2Na/c1-11(9(12)13,10(14)15)7-8-5-3-2-4-6-8;;/h2-6H,7H2,1H3,(H,12,13)(H,14,15);;/q;2*+1/p-2. The Labute approximate surface area is 144 Å². The molecule has 0 N–H and O–H groups in total. The Morgan fingerprint density at radius 3 is 1.82 bits per heavy atom. The van der Waals surface area contributed by atoms with Gasteiger partial charge in [0.15, 0.2) is 0 Å².